The lowest BCUT2D eigenvalue weighted by molar-refractivity contribution is 0.261. The van der Waals surface area contributed by atoms with Crippen LogP contribution in [0.2, 0.25) is 0 Å². The van der Waals surface area contributed by atoms with Crippen molar-refractivity contribution in [1.29, 1.82) is 0 Å². The summed E-state index contributed by atoms with van der Waals surface area (Å²) in [5.41, 5.74) is 1.76. The third-order valence-electron chi connectivity index (χ3n) is 7.04. The summed E-state index contributed by atoms with van der Waals surface area (Å²) in [6, 6.07) is 16.0. The Hall–Kier alpha value is -2.95. The third kappa shape index (κ3) is 5.10. The molecule has 2 aromatic heterocycles. The summed E-state index contributed by atoms with van der Waals surface area (Å²) in [6.45, 7) is 10.3. The fourth-order valence-corrected chi connectivity index (χ4v) is 7.46. The Bertz CT molecular complexity index is 1470. The van der Waals surface area contributed by atoms with Gasteiger partial charge in [-0.15, -0.1) is 0 Å². The standard InChI is InChI=1S/C27H34N6O2S2/c1-20(2)33(37(34,35)26-19-30(4)21(3)28-26)24-11-7-5-9-22(24)13-14-31-15-17-32(18-16-31)27-23-10-6-8-12-25(23)36-29-27/h5-12,19-20H,13-18H2,1-4H3. The smallest absolute Gasteiger partial charge is 0.283 e. The first-order valence-corrected chi connectivity index (χ1v) is 14.9. The van der Waals surface area contributed by atoms with Gasteiger partial charge in [-0.05, 0) is 62.5 Å². The van der Waals surface area contributed by atoms with Crippen LogP contribution in [0.4, 0.5) is 11.5 Å². The summed E-state index contributed by atoms with van der Waals surface area (Å²) in [6.07, 6.45) is 2.36. The number of fused-ring (bicyclic) bond motifs is 1. The minimum Gasteiger partial charge on any atom is -0.353 e. The summed E-state index contributed by atoms with van der Waals surface area (Å²) in [5, 5.41) is 1.31. The molecule has 8 nitrogen and oxygen atoms in total. The number of aromatic nitrogens is 3. The first-order valence-electron chi connectivity index (χ1n) is 12.7. The summed E-state index contributed by atoms with van der Waals surface area (Å²) < 4.78 is 36.5. The van der Waals surface area contributed by atoms with E-state index in [1.165, 1.54) is 14.4 Å². The lowest BCUT2D eigenvalue weighted by Gasteiger charge is -2.35. The van der Waals surface area contributed by atoms with E-state index in [0.29, 0.717) is 5.82 Å². The highest BCUT2D eigenvalue weighted by molar-refractivity contribution is 7.92. The Kier molecular flexibility index (Phi) is 7.24. The molecule has 1 saturated heterocycles. The van der Waals surface area contributed by atoms with E-state index in [-0.39, 0.29) is 11.1 Å². The second-order valence-corrected chi connectivity index (χ2v) is 12.4. The number of benzene rings is 2. The number of aryl methyl sites for hydroxylation is 2. The maximum atomic E-state index is 13.7. The lowest BCUT2D eigenvalue weighted by Crippen LogP contribution is -2.47. The molecule has 3 heterocycles. The van der Waals surface area contributed by atoms with E-state index in [1.54, 1.807) is 22.3 Å². The molecule has 2 aromatic carbocycles. The number of rotatable bonds is 8. The summed E-state index contributed by atoms with van der Waals surface area (Å²) >= 11 is 1.56. The molecule has 0 bridgehead atoms. The summed E-state index contributed by atoms with van der Waals surface area (Å²) in [7, 11) is -1.98. The predicted octanol–water partition coefficient (Wildman–Crippen LogP) is 4.31. The van der Waals surface area contributed by atoms with Crippen LogP contribution in [0.25, 0.3) is 10.1 Å². The van der Waals surface area contributed by atoms with Crippen molar-refractivity contribution < 1.29 is 8.42 Å². The highest BCUT2D eigenvalue weighted by Gasteiger charge is 2.31. The number of piperazine rings is 1. The number of hydrogen-bond acceptors (Lipinski definition) is 7. The first kappa shape index (κ1) is 25.7. The van der Waals surface area contributed by atoms with Crippen molar-refractivity contribution in [3.8, 4) is 0 Å². The van der Waals surface area contributed by atoms with E-state index >= 15 is 0 Å². The molecule has 0 amide bonds. The van der Waals surface area contributed by atoms with E-state index in [0.717, 1.165) is 56.2 Å². The van der Waals surface area contributed by atoms with Crippen LogP contribution in [-0.4, -0.2) is 66.0 Å². The second-order valence-electron chi connectivity index (χ2n) is 9.84. The minimum absolute atomic E-state index is 0.0849. The first-order chi connectivity index (χ1) is 17.8. The van der Waals surface area contributed by atoms with E-state index in [2.05, 4.69) is 39.0 Å². The van der Waals surface area contributed by atoms with Gasteiger partial charge in [-0.1, -0.05) is 30.3 Å². The molecule has 4 aromatic rings. The van der Waals surface area contributed by atoms with Gasteiger partial charge in [0.1, 0.15) is 11.6 Å². The molecule has 0 unspecified atom stereocenters. The van der Waals surface area contributed by atoms with Crippen molar-refractivity contribution >= 4 is 43.1 Å². The van der Waals surface area contributed by atoms with E-state index < -0.39 is 10.0 Å². The van der Waals surface area contributed by atoms with Crippen LogP contribution in [0.3, 0.4) is 0 Å². The molecule has 0 aliphatic carbocycles. The summed E-state index contributed by atoms with van der Waals surface area (Å²) in [4.78, 5) is 9.16. The van der Waals surface area contributed by atoms with E-state index in [9.17, 15) is 8.42 Å². The van der Waals surface area contributed by atoms with E-state index in [4.69, 9.17) is 4.37 Å². The molecule has 0 radical (unpaired) electrons. The highest BCUT2D eigenvalue weighted by atomic mass is 32.2. The average molecular weight is 539 g/mol. The molecule has 1 aliphatic heterocycles. The van der Waals surface area contributed by atoms with Crippen LogP contribution in [0.1, 0.15) is 25.2 Å². The molecule has 37 heavy (non-hydrogen) atoms. The summed E-state index contributed by atoms with van der Waals surface area (Å²) in [5.74, 6) is 1.76. The Morgan fingerprint density at radius 3 is 2.43 bits per heavy atom. The molecular formula is C27H34N6O2S2. The number of sulfonamides is 1. The van der Waals surface area contributed by atoms with Gasteiger partial charge in [0, 0.05) is 57.4 Å². The molecule has 0 spiro atoms. The fraction of sp³-hybridized carbons (Fsp3) is 0.407. The van der Waals surface area contributed by atoms with Crippen LogP contribution in [0, 0.1) is 6.92 Å². The van der Waals surface area contributed by atoms with E-state index in [1.807, 2.05) is 52.1 Å². The average Bonchev–Trinajstić information content (AvgIpc) is 3.47. The largest absolute Gasteiger partial charge is 0.353 e. The Balaban J connectivity index is 1.29. The third-order valence-corrected chi connectivity index (χ3v) is 9.71. The second kappa shape index (κ2) is 10.4. The topological polar surface area (TPSA) is 74.6 Å². The Morgan fingerprint density at radius 2 is 1.73 bits per heavy atom. The minimum atomic E-state index is -3.80. The maximum Gasteiger partial charge on any atom is 0.283 e. The molecule has 1 aliphatic rings. The molecule has 196 valence electrons. The molecule has 0 atom stereocenters. The van der Waals surface area contributed by atoms with Gasteiger partial charge in [0.25, 0.3) is 10.0 Å². The van der Waals surface area contributed by atoms with Crippen molar-refractivity contribution in [3.63, 3.8) is 0 Å². The van der Waals surface area contributed by atoms with Gasteiger partial charge in [0.15, 0.2) is 5.03 Å². The lowest BCUT2D eigenvalue weighted by atomic mass is 10.1. The molecule has 5 rings (SSSR count). The van der Waals surface area contributed by atoms with Gasteiger partial charge in [-0.2, -0.15) is 12.8 Å². The van der Waals surface area contributed by atoms with Crippen LogP contribution in [0.15, 0.2) is 59.8 Å². The van der Waals surface area contributed by atoms with Gasteiger partial charge in [0.2, 0.25) is 0 Å². The number of para-hydroxylation sites is 1. The molecule has 10 heteroatoms. The van der Waals surface area contributed by atoms with Crippen molar-refractivity contribution in [2.24, 2.45) is 7.05 Å². The zero-order chi connectivity index (χ0) is 26.2. The fourth-order valence-electron chi connectivity index (χ4n) is 4.94. The van der Waals surface area contributed by atoms with Gasteiger partial charge < -0.3 is 9.47 Å². The van der Waals surface area contributed by atoms with Crippen molar-refractivity contribution in [1.82, 2.24) is 18.8 Å². The zero-order valence-corrected chi connectivity index (χ0v) is 23.5. The molecule has 0 saturated carbocycles. The number of hydrogen-bond donors (Lipinski definition) is 0. The van der Waals surface area contributed by atoms with Crippen molar-refractivity contribution in [2.75, 3.05) is 41.9 Å². The van der Waals surface area contributed by atoms with Gasteiger partial charge in [0.05, 0.1) is 10.4 Å². The maximum absolute atomic E-state index is 13.7. The zero-order valence-electron chi connectivity index (χ0n) is 21.8. The van der Waals surface area contributed by atoms with Crippen LogP contribution >= 0.6 is 11.5 Å². The predicted molar refractivity (Wildman–Crippen MR) is 151 cm³/mol. The Morgan fingerprint density at radius 1 is 1.03 bits per heavy atom. The highest BCUT2D eigenvalue weighted by Crippen LogP contribution is 2.31. The SMILES string of the molecule is Cc1nc(S(=O)(=O)N(c2ccccc2CCN2CCN(c3nsc4ccccc34)CC2)C(C)C)cn1C. The number of anilines is 2. The molecular weight excluding hydrogens is 504 g/mol. The van der Waals surface area contributed by atoms with Crippen LogP contribution in [0.5, 0.6) is 0 Å². The van der Waals surface area contributed by atoms with Gasteiger partial charge >= 0.3 is 0 Å². The normalized spacial score (nSPS) is 15.1. The monoisotopic (exact) mass is 538 g/mol. The van der Waals surface area contributed by atoms with Crippen LogP contribution in [-0.2, 0) is 23.5 Å². The molecule has 1 fully saturated rings. The van der Waals surface area contributed by atoms with Gasteiger partial charge in [-0.3, -0.25) is 9.21 Å². The number of imidazole rings is 1. The van der Waals surface area contributed by atoms with Crippen molar-refractivity contribution in [3.05, 3.63) is 66.1 Å². The quantitative estimate of drug-likeness (QED) is 0.333. The van der Waals surface area contributed by atoms with Crippen molar-refractivity contribution in [2.45, 2.75) is 38.3 Å². The molecule has 0 N–H and O–H groups in total. The number of nitrogens with zero attached hydrogens (tertiary/aromatic N) is 6. The van der Waals surface area contributed by atoms with Gasteiger partial charge in [-0.25, -0.2) is 4.98 Å². The van der Waals surface area contributed by atoms with Crippen LogP contribution < -0.4 is 9.21 Å². The Labute approximate surface area is 223 Å².